The first-order chi connectivity index (χ1) is 10.2. The van der Waals surface area contributed by atoms with Crippen LogP contribution in [0.5, 0.6) is 5.75 Å². The highest BCUT2D eigenvalue weighted by molar-refractivity contribution is 6.35. The molecule has 0 saturated heterocycles. The van der Waals surface area contributed by atoms with Crippen LogP contribution in [0.15, 0.2) is 24.3 Å². The molecule has 1 atom stereocenters. The molecule has 1 heterocycles. The third-order valence-corrected chi connectivity index (χ3v) is 4.05. The SMILES string of the molecule is CN(C)C(Cl)(C(N)=O)c1nc(C(=O)O)c(O)c2ccccc12. The number of likely N-dealkylation sites (N-methyl/N-ethyl adjacent to an activating group) is 1. The second-order valence-electron chi connectivity index (χ2n) is 4.89. The molecule has 4 N–H and O–H groups in total. The van der Waals surface area contributed by atoms with Crippen molar-refractivity contribution in [2.24, 2.45) is 5.73 Å². The van der Waals surface area contributed by atoms with Gasteiger partial charge in [0, 0.05) is 10.8 Å². The summed E-state index contributed by atoms with van der Waals surface area (Å²) in [7, 11) is 3.03. The molecule has 2 aromatic rings. The van der Waals surface area contributed by atoms with Gasteiger partial charge in [-0.1, -0.05) is 35.9 Å². The number of hydrogen-bond donors (Lipinski definition) is 3. The zero-order valence-electron chi connectivity index (χ0n) is 11.9. The standard InChI is InChI=1S/C14H14ClN3O4/c1-18(2)14(15,13(16)22)11-8-6-4-3-5-7(8)10(19)9(17-11)12(20)21/h3-6,19H,1-2H3,(H2,16,22)(H,20,21). The number of hydrogen-bond acceptors (Lipinski definition) is 5. The van der Waals surface area contributed by atoms with Gasteiger partial charge in [-0.05, 0) is 14.1 Å². The first-order valence-electron chi connectivity index (χ1n) is 6.23. The van der Waals surface area contributed by atoms with E-state index in [2.05, 4.69) is 4.98 Å². The number of amides is 1. The molecule has 0 radical (unpaired) electrons. The van der Waals surface area contributed by atoms with E-state index in [1.165, 1.54) is 25.1 Å². The normalized spacial score (nSPS) is 14.0. The van der Waals surface area contributed by atoms with E-state index >= 15 is 0 Å². The number of aromatic carboxylic acids is 1. The number of rotatable bonds is 4. The van der Waals surface area contributed by atoms with Crippen molar-refractivity contribution >= 4 is 34.2 Å². The molecule has 1 aromatic carbocycles. The number of carbonyl (C=O) groups excluding carboxylic acids is 1. The Bertz CT molecular complexity index is 778. The molecule has 1 aromatic heterocycles. The van der Waals surface area contributed by atoms with Gasteiger partial charge in [-0.3, -0.25) is 9.69 Å². The molecular weight excluding hydrogens is 310 g/mol. The molecule has 0 aliphatic rings. The first-order valence-corrected chi connectivity index (χ1v) is 6.60. The molecule has 8 heteroatoms. The van der Waals surface area contributed by atoms with Crippen molar-refractivity contribution in [2.75, 3.05) is 14.1 Å². The van der Waals surface area contributed by atoms with Gasteiger partial charge < -0.3 is 15.9 Å². The first kappa shape index (κ1) is 16.0. The van der Waals surface area contributed by atoms with Crippen LogP contribution in [0.2, 0.25) is 0 Å². The Balaban J connectivity index is 2.97. The summed E-state index contributed by atoms with van der Waals surface area (Å²) in [5, 5.41) is 19.8. The summed E-state index contributed by atoms with van der Waals surface area (Å²) in [5.74, 6) is -2.83. The molecule has 0 saturated carbocycles. The van der Waals surface area contributed by atoms with Crippen LogP contribution in [0.25, 0.3) is 10.8 Å². The van der Waals surface area contributed by atoms with Crippen LogP contribution in [0.3, 0.4) is 0 Å². The van der Waals surface area contributed by atoms with Crippen LogP contribution in [0, 0.1) is 0 Å². The number of pyridine rings is 1. The van der Waals surface area contributed by atoms with Crippen molar-refractivity contribution in [1.82, 2.24) is 9.88 Å². The Morgan fingerprint density at radius 1 is 1.27 bits per heavy atom. The minimum atomic E-state index is -1.85. The Labute approximate surface area is 130 Å². The molecule has 7 nitrogen and oxygen atoms in total. The molecule has 1 amide bonds. The number of primary amides is 1. The molecule has 0 aliphatic carbocycles. The van der Waals surface area contributed by atoms with Crippen molar-refractivity contribution in [2.45, 2.75) is 5.00 Å². The maximum atomic E-state index is 11.9. The predicted octanol–water partition coefficient (Wildman–Crippen LogP) is 1.08. The van der Waals surface area contributed by atoms with Gasteiger partial charge in [-0.25, -0.2) is 9.78 Å². The van der Waals surface area contributed by atoms with E-state index in [1.54, 1.807) is 18.2 Å². The average molecular weight is 324 g/mol. The molecule has 1 unspecified atom stereocenters. The number of carbonyl (C=O) groups is 2. The number of halogens is 1. The number of alkyl halides is 1. The van der Waals surface area contributed by atoms with Crippen LogP contribution >= 0.6 is 11.6 Å². The Morgan fingerprint density at radius 2 is 1.82 bits per heavy atom. The molecule has 116 valence electrons. The number of benzene rings is 1. The van der Waals surface area contributed by atoms with Crippen LogP contribution in [0.4, 0.5) is 0 Å². The van der Waals surface area contributed by atoms with Crippen molar-refractivity contribution in [1.29, 1.82) is 0 Å². The minimum absolute atomic E-state index is 0.0440. The highest BCUT2D eigenvalue weighted by Crippen LogP contribution is 2.38. The maximum absolute atomic E-state index is 11.9. The molecule has 0 aliphatic heterocycles. The summed E-state index contributed by atoms with van der Waals surface area (Å²) in [6.07, 6.45) is 0. The quantitative estimate of drug-likeness (QED) is 0.572. The Hall–Kier alpha value is -2.38. The number of aromatic nitrogens is 1. The van der Waals surface area contributed by atoms with Gasteiger partial charge in [-0.2, -0.15) is 0 Å². The maximum Gasteiger partial charge on any atom is 0.358 e. The molecule has 22 heavy (non-hydrogen) atoms. The summed E-state index contributed by atoms with van der Waals surface area (Å²) in [4.78, 5) is 26.5. The Morgan fingerprint density at radius 3 is 2.27 bits per heavy atom. The number of aromatic hydroxyl groups is 1. The van der Waals surface area contributed by atoms with E-state index in [-0.39, 0.29) is 11.1 Å². The number of carboxylic acid groups (broad SMARTS) is 1. The second kappa shape index (κ2) is 5.43. The van der Waals surface area contributed by atoms with E-state index < -0.39 is 28.3 Å². The highest BCUT2D eigenvalue weighted by atomic mass is 35.5. The van der Waals surface area contributed by atoms with Gasteiger partial charge in [0.1, 0.15) is 0 Å². The fourth-order valence-electron chi connectivity index (χ4n) is 2.20. The lowest BCUT2D eigenvalue weighted by Gasteiger charge is -2.31. The predicted molar refractivity (Wildman–Crippen MR) is 80.8 cm³/mol. The number of carboxylic acids is 1. The lowest BCUT2D eigenvalue weighted by molar-refractivity contribution is -0.124. The molecular formula is C14H14ClN3O4. The summed E-state index contributed by atoms with van der Waals surface area (Å²) in [5.41, 5.74) is 4.76. The lowest BCUT2D eigenvalue weighted by atomic mass is 10.0. The third kappa shape index (κ3) is 2.24. The van der Waals surface area contributed by atoms with E-state index in [0.29, 0.717) is 5.39 Å². The van der Waals surface area contributed by atoms with E-state index in [0.717, 1.165) is 0 Å². The number of nitrogens with zero attached hydrogens (tertiary/aromatic N) is 2. The molecule has 2 rings (SSSR count). The van der Waals surface area contributed by atoms with Gasteiger partial charge in [0.2, 0.25) is 5.00 Å². The van der Waals surface area contributed by atoms with Crippen LogP contribution < -0.4 is 5.73 Å². The van der Waals surface area contributed by atoms with E-state index in [9.17, 15) is 19.8 Å². The number of fused-ring (bicyclic) bond motifs is 1. The van der Waals surface area contributed by atoms with E-state index in [4.69, 9.17) is 17.3 Å². The molecule has 0 spiro atoms. The molecule has 0 bridgehead atoms. The Kier molecular flexibility index (Phi) is 3.95. The smallest absolute Gasteiger partial charge is 0.358 e. The van der Waals surface area contributed by atoms with Crippen LogP contribution in [-0.4, -0.2) is 46.1 Å². The zero-order valence-corrected chi connectivity index (χ0v) is 12.6. The van der Waals surface area contributed by atoms with Gasteiger partial charge >= 0.3 is 5.97 Å². The van der Waals surface area contributed by atoms with E-state index in [1.807, 2.05) is 0 Å². The molecule has 0 fully saturated rings. The summed E-state index contributed by atoms with van der Waals surface area (Å²) in [6.45, 7) is 0. The van der Waals surface area contributed by atoms with Crippen molar-refractivity contribution in [3.63, 3.8) is 0 Å². The summed E-state index contributed by atoms with van der Waals surface area (Å²) >= 11 is 6.36. The van der Waals surface area contributed by atoms with Crippen LogP contribution in [0.1, 0.15) is 16.2 Å². The van der Waals surface area contributed by atoms with Crippen molar-refractivity contribution < 1.29 is 19.8 Å². The average Bonchev–Trinajstić information content (AvgIpc) is 2.46. The summed E-state index contributed by atoms with van der Waals surface area (Å²) < 4.78 is 0. The van der Waals surface area contributed by atoms with Gasteiger partial charge in [0.25, 0.3) is 5.91 Å². The zero-order chi connectivity index (χ0) is 16.7. The largest absolute Gasteiger partial charge is 0.505 e. The minimum Gasteiger partial charge on any atom is -0.505 e. The second-order valence-corrected chi connectivity index (χ2v) is 5.44. The fourth-order valence-corrected chi connectivity index (χ4v) is 2.34. The highest BCUT2D eigenvalue weighted by Gasteiger charge is 2.43. The van der Waals surface area contributed by atoms with Gasteiger partial charge in [-0.15, -0.1) is 0 Å². The fraction of sp³-hybridized carbons (Fsp3) is 0.214. The van der Waals surface area contributed by atoms with Crippen LogP contribution in [-0.2, 0) is 9.79 Å². The van der Waals surface area contributed by atoms with Gasteiger partial charge in [0.15, 0.2) is 11.4 Å². The topological polar surface area (TPSA) is 117 Å². The van der Waals surface area contributed by atoms with Crippen molar-refractivity contribution in [3.8, 4) is 5.75 Å². The third-order valence-electron chi connectivity index (χ3n) is 3.34. The van der Waals surface area contributed by atoms with Gasteiger partial charge in [0.05, 0.1) is 5.69 Å². The monoisotopic (exact) mass is 323 g/mol. The lowest BCUT2D eigenvalue weighted by Crippen LogP contribution is -2.48. The van der Waals surface area contributed by atoms with Crippen molar-refractivity contribution in [3.05, 3.63) is 35.7 Å². The summed E-state index contributed by atoms with van der Waals surface area (Å²) in [6, 6.07) is 6.36. The number of nitrogens with two attached hydrogens (primary N) is 1.